The van der Waals surface area contributed by atoms with Crippen LogP contribution in [0.1, 0.15) is 30.5 Å². The van der Waals surface area contributed by atoms with E-state index in [1.807, 2.05) is 26.8 Å². The number of hydrogen-bond donors (Lipinski definition) is 1. The third kappa shape index (κ3) is 2.19. The number of aliphatic imine (C=N–C) groups is 1. The van der Waals surface area contributed by atoms with E-state index in [4.69, 9.17) is 4.99 Å². The molecule has 2 unspecified atom stereocenters. The zero-order chi connectivity index (χ0) is 16.8. The first-order valence-corrected chi connectivity index (χ1v) is 8.09. The van der Waals surface area contributed by atoms with Crippen LogP contribution < -0.4 is 10.3 Å². The summed E-state index contributed by atoms with van der Waals surface area (Å²) in [7, 11) is 0. The molecular weight excluding hydrogens is 303 g/mol. The second-order valence-corrected chi connectivity index (χ2v) is 6.32. The maximum atomic E-state index is 14.5. The fourth-order valence-corrected chi connectivity index (χ4v) is 3.38. The molecular formula is C19H19FN4. The molecule has 0 radical (unpaired) electrons. The summed E-state index contributed by atoms with van der Waals surface area (Å²) in [4.78, 5) is 7.02. The number of amidine groups is 1. The van der Waals surface area contributed by atoms with Gasteiger partial charge in [0.1, 0.15) is 17.8 Å². The quantitative estimate of drug-likeness (QED) is 0.873. The number of fused-ring (bicyclic) bond motifs is 3. The summed E-state index contributed by atoms with van der Waals surface area (Å²) >= 11 is 0. The summed E-state index contributed by atoms with van der Waals surface area (Å²) in [5.41, 5.74) is 7.44. The Kier molecular flexibility index (Phi) is 3.37. The first-order chi connectivity index (χ1) is 11.6. The van der Waals surface area contributed by atoms with Crippen molar-refractivity contribution in [2.45, 2.75) is 33.0 Å². The number of nitrogens with zero attached hydrogens (tertiary/aromatic N) is 3. The van der Waals surface area contributed by atoms with Crippen LogP contribution in [0.2, 0.25) is 0 Å². The van der Waals surface area contributed by atoms with Crippen LogP contribution in [0.25, 0.3) is 0 Å². The van der Waals surface area contributed by atoms with Crippen molar-refractivity contribution in [3.63, 3.8) is 0 Å². The number of hydrogen-bond acceptors (Lipinski definition) is 4. The third-order valence-corrected chi connectivity index (χ3v) is 4.57. The lowest BCUT2D eigenvalue weighted by molar-refractivity contribution is 0.504. The van der Waals surface area contributed by atoms with Crippen molar-refractivity contribution < 1.29 is 4.39 Å². The molecule has 122 valence electrons. The first-order valence-electron chi connectivity index (χ1n) is 8.09. The molecule has 0 aliphatic carbocycles. The molecule has 2 aromatic carbocycles. The van der Waals surface area contributed by atoms with E-state index in [0.717, 1.165) is 22.6 Å². The van der Waals surface area contributed by atoms with Crippen molar-refractivity contribution in [2.24, 2.45) is 10.1 Å². The highest BCUT2D eigenvalue weighted by Gasteiger charge is 2.36. The maximum Gasteiger partial charge on any atom is 0.143 e. The predicted molar refractivity (Wildman–Crippen MR) is 95.2 cm³/mol. The largest absolute Gasteiger partial charge is 0.304 e. The molecule has 0 saturated carbocycles. The van der Waals surface area contributed by atoms with Crippen molar-refractivity contribution in [1.29, 1.82) is 0 Å². The minimum Gasteiger partial charge on any atom is -0.304 e. The Morgan fingerprint density at radius 2 is 1.88 bits per heavy atom. The normalized spacial score (nSPS) is 22.1. The predicted octanol–water partition coefficient (Wildman–Crippen LogP) is 3.44. The van der Waals surface area contributed by atoms with E-state index < -0.39 is 0 Å². The molecule has 1 N–H and O–H groups in total. The average molecular weight is 322 g/mol. The van der Waals surface area contributed by atoms with E-state index in [2.05, 4.69) is 33.6 Å². The van der Waals surface area contributed by atoms with Gasteiger partial charge in [0.25, 0.3) is 0 Å². The summed E-state index contributed by atoms with van der Waals surface area (Å²) in [6, 6.07) is 12.9. The summed E-state index contributed by atoms with van der Waals surface area (Å²) in [5.74, 6) is 0.637. The zero-order valence-electron chi connectivity index (χ0n) is 13.9. The zero-order valence-corrected chi connectivity index (χ0v) is 13.9. The molecule has 0 saturated heterocycles. The second kappa shape index (κ2) is 5.44. The highest BCUT2D eigenvalue weighted by atomic mass is 19.1. The Morgan fingerprint density at radius 1 is 1.08 bits per heavy atom. The number of aryl methyl sites for hydroxylation is 1. The van der Waals surface area contributed by atoms with Crippen LogP contribution in [0.3, 0.4) is 0 Å². The van der Waals surface area contributed by atoms with Gasteiger partial charge in [0.05, 0.1) is 17.4 Å². The average Bonchev–Trinajstić information content (AvgIpc) is 2.89. The van der Waals surface area contributed by atoms with Gasteiger partial charge in [0, 0.05) is 11.1 Å². The number of rotatable bonds is 1. The van der Waals surface area contributed by atoms with Crippen LogP contribution in [-0.2, 0) is 0 Å². The van der Waals surface area contributed by atoms with Crippen LogP contribution in [0.5, 0.6) is 0 Å². The van der Waals surface area contributed by atoms with Gasteiger partial charge in [-0.1, -0.05) is 23.8 Å². The fraction of sp³-hybridized carbons (Fsp3) is 0.263. The minimum absolute atomic E-state index is 0.0595. The highest BCUT2D eigenvalue weighted by molar-refractivity contribution is 6.18. The van der Waals surface area contributed by atoms with Crippen molar-refractivity contribution in [2.75, 3.05) is 4.90 Å². The van der Waals surface area contributed by atoms with E-state index in [1.165, 1.54) is 6.07 Å². The molecule has 0 aromatic heterocycles. The van der Waals surface area contributed by atoms with Crippen LogP contribution in [0.4, 0.5) is 10.1 Å². The van der Waals surface area contributed by atoms with Crippen LogP contribution in [-0.4, -0.2) is 23.8 Å². The fourth-order valence-electron chi connectivity index (χ4n) is 3.38. The second-order valence-electron chi connectivity index (χ2n) is 6.32. The molecule has 2 aliphatic heterocycles. The molecule has 2 aliphatic rings. The van der Waals surface area contributed by atoms with E-state index in [1.54, 1.807) is 12.1 Å². The van der Waals surface area contributed by atoms with Gasteiger partial charge in [-0.05, 0) is 45.0 Å². The lowest BCUT2D eigenvalue weighted by atomic mass is 9.98. The van der Waals surface area contributed by atoms with Crippen LogP contribution in [0.15, 0.2) is 52.6 Å². The minimum atomic E-state index is -0.253. The topological polar surface area (TPSA) is 40.0 Å². The monoisotopic (exact) mass is 322 g/mol. The number of benzene rings is 2. The van der Waals surface area contributed by atoms with Crippen molar-refractivity contribution >= 4 is 17.2 Å². The number of hydrazone groups is 1. The molecule has 24 heavy (non-hydrogen) atoms. The van der Waals surface area contributed by atoms with Crippen LogP contribution >= 0.6 is 0 Å². The van der Waals surface area contributed by atoms with Gasteiger partial charge in [-0.3, -0.25) is 10.4 Å². The SMILES string of the molecule is CC1=NNC2C(C)N=C(c3ccccc3F)c3cc(C)ccc3N12. The number of anilines is 1. The smallest absolute Gasteiger partial charge is 0.143 e. The maximum absolute atomic E-state index is 14.5. The summed E-state index contributed by atoms with van der Waals surface area (Å²) < 4.78 is 14.5. The Bertz CT molecular complexity index is 871. The Balaban J connectivity index is 1.99. The Morgan fingerprint density at radius 3 is 2.67 bits per heavy atom. The molecule has 2 heterocycles. The van der Waals surface area contributed by atoms with Crippen molar-refractivity contribution in [3.05, 3.63) is 65.0 Å². The lowest BCUT2D eigenvalue weighted by Crippen LogP contribution is -2.45. The van der Waals surface area contributed by atoms with Crippen LogP contribution in [0, 0.1) is 12.7 Å². The molecule has 5 heteroatoms. The highest BCUT2D eigenvalue weighted by Crippen LogP contribution is 2.33. The van der Waals surface area contributed by atoms with Crippen molar-refractivity contribution in [1.82, 2.24) is 5.43 Å². The molecule has 2 atom stereocenters. The van der Waals surface area contributed by atoms with E-state index >= 15 is 0 Å². The lowest BCUT2D eigenvalue weighted by Gasteiger charge is -2.27. The van der Waals surface area contributed by atoms with E-state index in [9.17, 15) is 4.39 Å². The molecule has 0 spiro atoms. The molecule has 4 rings (SSSR count). The number of nitrogens with one attached hydrogen (secondary N) is 1. The summed E-state index contributed by atoms with van der Waals surface area (Å²) in [6.07, 6.45) is -0.0595. The molecule has 4 nitrogen and oxygen atoms in total. The van der Waals surface area contributed by atoms with Gasteiger partial charge in [-0.25, -0.2) is 4.39 Å². The summed E-state index contributed by atoms with van der Waals surface area (Å²) in [6.45, 7) is 6.03. The third-order valence-electron chi connectivity index (χ3n) is 4.57. The summed E-state index contributed by atoms with van der Waals surface area (Å²) in [5, 5.41) is 4.36. The van der Waals surface area contributed by atoms with Gasteiger partial charge in [0.15, 0.2) is 0 Å². The van der Waals surface area contributed by atoms with Gasteiger partial charge < -0.3 is 4.90 Å². The van der Waals surface area contributed by atoms with Crippen molar-refractivity contribution in [3.8, 4) is 0 Å². The Labute approximate surface area is 140 Å². The molecule has 0 bridgehead atoms. The number of halogens is 1. The van der Waals surface area contributed by atoms with Gasteiger partial charge in [-0.15, -0.1) is 0 Å². The van der Waals surface area contributed by atoms with Gasteiger partial charge in [0.2, 0.25) is 0 Å². The first kappa shape index (κ1) is 14.9. The van der Waals surface area contributed by atoms with E-state index in [-0.39, 0.29) is 18.0 Å². The van der Waals surface area contributed by atoms with E-state index in [0.29, 0.717) is 11.3 Å². The molecule has 0 fully saturated rings. The Hall–Kier alpha value is -2.69. The van der Waals surface area contributed by atoms with Gasteiger partial charge in [-0.2, -0.15) is 5.10 Å². The van der Waals surface area contributed by atoms with Gasteiger partial charge >= 0.3 is 0 Å². The molecule has 2 aromatic rings. The standard InChI is InChI=1S/C19H19FN4/c1-11-8-9-17-15(10-11)18(14-6-4-5-7-16(14)20)21-12(2)19-23-22-13(3)24(17)19/h4-10,12,19,23H,1-3H3. The molecule has 0 amide bonds.